The maximum absolute atomic E-state index is 3.76. The second kappa shape index (κ2) is 9.12. The van der Waals surface area contributed by atoms with Crippen molar-refractivity contribution in [1.82, 2.24) is 15.1 Å². The van der Waals surface area contributed by atoms with E-state index in [1.54, 1.807) is 0 Å². The molecular formula is C18H37N3. The van der Waals surface area contributed by atoms with Gasteiger partial charge in [0.05, 0.1) is 0 Å². The molecule has 2 aliphatic rings. The first kappa shape index (κ1) is 17.2. The van der Waals surface area contributed by atoms with E-state index in [0.29, 0.717) is 0 Å². The molecule has 0 amide bonds. The minimum Gasteiger partial charge on any atom is -0.314 e. The van der Waals surface area contributed by atoms with Crippen LogP contribution in [-0.4, -0.2) is 61.7 Å². The lowest BCUT2D eigenvalue weighted by molar-refractivity contribution is 0.0886. The van der Waals surface area contributed by atoms with E-state index >= 15 is 0 Å². The van der Waals surface area contributed by atoms with Gasteiger partial charge >= 0.3 is 0 Å². The number of piperazine rings is 1. The van der Waals surface area contributed by atoms with Crippen LogP contribution in [0.4, 0.5) is 0 Å². The van der Waals surface area contributed by atoms with Crippen LogP contribution in [-0.2, 0) is 0 Å². The Morgan fingerprint density at radius 1 is 0.952 bits per heavy atom. The summed E-state index contributed by atoms with van der Waals surface area (Å²) in [7, 11) is 0. The lowest BCUT2D eigenvalue weighted by Crippen LogP contribution is -2.51. The van der Waals surface area contributed by atoms with Crippen molar-refractivity contribution >= 4 is 0 Å². The van der Waals surface area contributed by atoms with Gasteiger partial charge in [-0.15, -0.1) is 0 Å². The quantitative estimate of drug-likeness (QED) is 0.779. The van der Waals surface area contributed by atoms with Gasteiger partial charge in [0.15, 0.2) is 0 Å². The fourth-order valence-corrected chi connectivity index (χ4v) is 4.31. The Balaban J connectivity index is 1.81. The van der Waals surface area contributed by atoms with Crippen LogP contribution >= 0.6 is 0 Å². The summed E-state index contributed by atoms with van der Waals surface area (Å²) in [4.78, 5) is 5.37. The van der Waals surface area contributed by atoms with Gasteiger partial charge in [-0.3, -0.25) is 0 Å². The van der Waals surface area contributed by atoms with Gasteiger partial charge in [0.1, 0.15) is 0 Å². The maximum Gasteiger partial charge on any atom is 0.0110 e. The van der Waals surface area contributed by atoms with E-state index in [9.17, 15) is 0 Å². The molecule has 1 saturated carbocycles. The summed E-state index contributed by atoms with van der Waals surface area (Å²) in [5.41, 5.74) is 0. The molecule has 1 N–H and O–H groups in total. The van der Waals surface area contributed by atoms with Crippen molar-refractivity contribution in [3.63, 3.8) is 0 Å². The molecule has 1 heterocycles. The largest absolute Gasteiger partial charge is 0.314 e. The summed E-state index contributed by atoms with van der Waals surface area (Å²) >= 11 is 0. The topological polar surface area (TPSA) is 18.5 Å². The molecular weight excluding hydrogens is 258 g/mol. The van der Waals surface area contributed by atoms with Crippen LogP contribution in [0.5, 0.6) is 0 Å². The van der Waals surface area contributed by atoms with E-state index < -0.39 is 0 Å². The number of nitrogens with one attached hydrogen (secondary N) is 1. The van der Waals surface area contributed by atoms with E-state index in [0.717, 1.165) is 24.4 Å². The summed E-state index contributed by atoms with van der Waals surface area (Å²) in [6.45, 7) is 15.8. The number of rotatable bonds is 7. The summed E-state index contributed by atoms with van der Waals surface area (Å²) in [5, 5.41) is 3.76. The van der Waals surface area contributed by atoms with Gasteiger partial charge in [0.2, 0.25) is 0 Å². The van der Waals surface area contributed by atoms with Gasteiger partial charge in [-0.05, 0) is 50.6 Å². The molecule has 21 heavy (non-hydrogen) atoms. The number of nitrogens with zero attached hydrogens (tertiary/aromatic N) is 2. The first-order valence-electron chi connectivity index (χ1n) is 9.44. The zero-order valence-corrected chi connectivity index (χ0v) is 14.6. The molecule has 3 atom stereocenters. The average molecular weight is 296 g/mol. The van der Waals surface area contributed by atoms with E-state index in [1.165, 1.54) is 71.4 Å². The highest BCUT2D eigenvalue weighted by Crippen LogP contribution is 2.32. The molecule has 3 heteroatoms. The van der Waals surface area contributed by atoms with E-state index in [-0.39, 0.29) is 0 Å². The first-order valence-corrected chi connectivity index (χ1v) is 9.44. The highest BCUT2D eigenvalue weighted by Gasteiger charge is 2.31. The van der Waals surface area contributed by atoms with Crippen LogP contribution in [0, 0.1) is 11.8 Å². The molecule has 0 bridgehead atoms. The first-order chi connectivity index (χ1) is 10.3. The summed E-state index contributed by atoms with van der Waals surface area (Å²) in [5.74, 6) is 1.85. The van der Waals surface area contributed by atoms with Gasteiger partial charge in [-0.25, -0.2) is 0 Å². The molecule has 1 aliphatic heterocycles. The van der Waals surface area contributed by atoms with Gasteiger partial charge in [-0.2, -0.15) is 0 Å². The van der Waals surface area contributed by atoms with Crippen molar-refractivity contribution in [2.75, 3.05) is 45.8 Å². The molecule has 0 radical (unpaired) electrons. The fourth-order valence-electron chi connectivity index (χ4n) is 4.31. The van der Waals surface area contributed by atoms with E-state index in [2.05, 4.69) is 35.9 Å². The highest BCUT2D eigenvalue weighted by atomic mass is 15.3. The van der Waals surface area contributed by atoms with Crippen LogP contribution in [0.15, 0.2) is 0 Å². The normalized spacial score (nSPS) is 32.4. The third-order valence-electron chi connectivity index (χ3n) is 5.63. The second-order valence-corrected chi connectivity index (χ2v) is 7.15. The smallest absolute Gasteiger partial charge is 0.0110 e. The lowest BCUT2D eigenvalue weighted by atomic mass is 9.76. The van der Waals surface area contributed by atoms with Crippen LogP contribution in [0.1, 0.15) is 52.9 Å². The Kier molecular flexibility index (Phi) is 7.48. The minimum absolute atomic E-state index is 0.770. The average Bonchev–Trinajstić information content (AvgIpc) is 2.51. The highest BCUT2D eigenvalue weighted by molar-refractivity contribution is 4.87. The maximum atomic E-state index is 3.76. The monoisotopic (exact) mass is 295 g/mol. The van der Waals surface area contributed by atoms with Crippen molar-refractivity contribution in [1.29, 1.82) is 0 Å². The van der Waals surface area contributed by atoms with Gasteiger partial charge in [-0.1, -0.05) is 27.2 Å². The molecule has 0 spiro atoms. The fraction of sp³-hybridized carbons (Fsp3) is 1.00. The molecule has 3 unspecified atom stereocenters. The standard InChI is InChI=1S/C18H37N3/c1-4-9-20-10-12-21(13-11-20)15-17-14-16(5-2)7-8-18(17)19-6-3/h16-19H,4-15H2,1-3H3. The molecule has 2 fully saturated rings. The third-order valence-corrected chi connectivity index (χ3v) is 5.63. The second-order valence-electron chi connectivity index (χ2n) is 7.15. The zero-order valence-electron chi connectivity index (χ0n) is 14.6. The van der Waals surface area contributed by atoms with E-state index in [4.69, 9.17) is 0 Å². The van der Waals surface area contributed by atoms with Gasteiger partial charge in [0.25, 0.3) is 0 Å². The van der Waals surface area contributed by atoms with Crippen molar-refractivity contribution < 1.29 is 0 Å². The van der Waals surface area contributed by atoms with Crippen molar-refractivity contribution in [3.8, 4) is 0 Å². The van der Waals surface area contributed by atoms with E-state index in [1.807, 2.05) is 0 Å². The molecule has 0 aromatic rings. The molecule has 2 rings (SSSR count). The predicted octanol–water partition coefficient (Wildman–Crippen LogP) is 2.82. The summed E-state index contributed by atoms with van der Waals surface area (Å²) in [6, 6.07) is 0.770. The Morgan fingerprint density at radius 2 is 1.67 bits per heavy atom. The molecule has 0 aromatic heterocycles. The predicted molar refractivity (Wildman–Crippen MR) is 91.8 cm³/mol. The minimum atomic E-state index is 0.770. The third kappa shape index (κ3) is 5.22. The Bertz CT molecular complexity index is 274. The SMILES string of the molecule is CCCN1CCN(CC2CC(CC)CCC2NCC)CC1. The van der Waals surface area contributed by atoms with Crippen LogP contribution in [0.3, 0.4) is 0 Å². The Morgan fingerprint density at radius 3 is 2.29 bits per heavy atom. The van der Waals surface area contributed by atoms with Gasteiger partial charge in [0, 0.05) is 38.8 Å². The van der Waals surface area contributed by atoms with Gasteiger partial charge < -0.3 is 15.1 Å². The molecule has 1 aliphatic carbocycles. The molecule has 1 saturated heterocycles. The Hall–Kier alpha value is -0.120. The number of hydrogen-bond acceptors (Lipinski definition) is 3. The summed E-state index contributed by atoms with van der Waals surface area (Å²) < 4.78 is 0. The molecule has 3 nitrogen and oxygen atoms in total. The van der Waals surface area contributed by atoms with Crippen molar-refractivity contribution in [2.45, 2.75) is 58.9 Å². The van der Waals surface area contributed by atoms with Crippen LogP contribution in [0.25, 0.3) is 0 Å². The zero-order chi connectivity index (χ0) is 15.1. The number of hydrogen-bond donors (Lipinski definition) is 1. The molecule has 0 aromatic carbocycles. The molecule has 124 valence electrons. The van der Waals surface area contributed by atoms with Crippen molar-refractivity contribution in [3.05, 3.63) is 0 Å². The van der Waals surface area contributed by atoms with Crippen molar-refractivity contribution in [2.24, 2.45) is 11.8 Å². The van der Waals surface area contributed by atoms with Crippen LogP contribution < -0.4 is 5.32 Å². The lowest BCUT2D eigenvalue weighted by Gasteiger charge is -2.41. The summed E-state index contributed by atoms with van der Waals surface area (Å²) in [6.07, 6.45) is 6.95. The Labute approximate surface area is 132 Å². The van der Waals surface area contributed by atoms with Crippen LogP contribution in [0.2, 0.25) is 0 Å².